The Kier molecular flexibility index (Phi) is 4.95. The van der Waals surface area contributed by atoms with Gasteiger partial charge < -0.3 is 10.6 Å². The van der Waals surface area contributed by atoms with E-state index in [-0.39, 0.29) is 11.9 Å². The van der Waals surface area contributed by atoms with Crippen molar-refractivity contribution in [2.75, 3.05) is 13.1 Å². The Morgan fingerprint density at radius 3 is 2.77 bits per heavy atom. The maximum Gasteiger partial charge on any atom is 0.254 e. The third kappa shape index (κ3) is 3.57. The topological polar surface area (TPSA) is 89.4 Å². The van der Waals surface area contributed by atoms with E-state index in [0.29, 0.717) is 23.4 Å². The molecule has 3 aromatic heterocycles. The zero-order valence-electron chi connectivity index (χ0n) is 17.4. The molecule has 5 rings (SSSR count). The van der Waals surface area contributed by atoms with Crippen molar-refractivity contribution in [2.24, 2.45) is 5.73 Å². The molecule has 4 aromatic rings. The third-order valence-electron chi connectivity index (χ3n) is 5.83. The van der Waals surface area contributed by atoms with Gasteiger partial charge in [0.25, 0.3) is 5.91 Å². The maximum atomic E-state index is 13.2. The van der Waals surface area contributed by atoms with Crippen LogP contribution in [0.4, 0.5) is 0 Å². The Labute approximate surface area is 180 Å². The van der Waals surface area contributed by atoms with Gasteiger partial charge >= 0.3 is 0 Å². The number of nitrogens with two attached hydrogens (primary N) is 1. The highest BCUT2D eigenvalue weighted by atomic mass is 16.2. The molecule has 31 heavy (non-hydrogen) atoms. The normalized spacial score (nSPS) is 16.2. The van der Waals surface area contributed by atoms with Crippen LogP contribution in [0.3, 0.4) is 0 Å². The number of amides is 1. The van der Waals surface area contributed by atoms with E-state index in [1.807, 2.05) is 66.6 Å². The maximum absolute atomic E-state index is 13.2. The fraction of sp³-hybridized carbons (Fsp3) is 0.250. The second-order valence-electron chi connectivity index (χ2n) is 7.92. The zero-order valence-corrected chi connectivity index (χ0v) is 17.4. The predicted octanol–water partition coefficient (Wildman–Crippen LogP) is 3.33. The first-order valence-electron chi connectivity index (χ1n) is 10.5. The molecule has 1 fully saturated rings. The van der Waals surface area contributed by atoms with Crippen LogP contribution in [-0.2, 0) is 0 Å². The van der Waals surface area contributed by atoms with Gasteiger partial charge in [0.1, 0.15) is 0 Å². The molecular formula is C24H24N6O. The minimum atomic E-state index is 0.00843. The lowest BCUT2D eigenvalue weighted by Gasteiger charge is -2.23. The van der Waals surface area contributed by atoms with Gasteiger partial charge in [-0.2, -0.15) is 5.10 Å². The Morgan fingerprint density at radius 1 is 1.13 bits per heavy atom. The summed E-state index contributed by atoms with van der Waals surface area (Å²) in [5.41, 5.74) is 11.4. The minimum Gasteiger partial charge on any atom is -0.334 e. The summed E-state index contributed by atoms with van der Waals surface area (Å²) in [6.07, 6.45) is 5.60. The number of pyridine rings is 1. The molecule has 1 atom stereocenters. The zero-order chi connectivity index (χ0) is 21.4. The quantitative estimate of drug-likeness (QED) is 0.555. The number of likely N-dealkylation sites (tertiary alicyclic amines) is 1. The first kappa shape index (κ1) is 19.4. The summed E-state index contributed by atoms with van der Waals surface area (Å²) in [6, 6.07) is 15.8. The molecular weight excluding hydrogens is 388 g/mol. The summed E-state index contributed by atoms with van der Waals surface area (Å²) in [6.45, 7) is 3.14. The average Bonchev–Trinajstić information content (AvgIpc) is 3.45. The van der Waals surface area contributed by atoms with E-state index in [1.165, 1.54) is 0 Å². The Hall–Kier alpha value is -3.58. The van der Waals surface area contributed by atoms with Crippen LogP contribution in [0.2, 0.25) is 0 Å². The van der Waals surface area contributed by atoms with Crippen LogP contribution in [0.1, 0.15) is 28.9 Å². The fourth-order valence-electron chi connectivity index (χ4n) is 4.26. The van der Waals surface area contributed by atoms with Crippen molar-refractivity contribution in [1.82, 2.24) is 24.5 Å². The lowest BCUT2D eigenvalue weighted by molar-refractivity contribution is 0.0741. The van der Waals surface area contributed by atoms with E-state index in [1.54, 1.807) is 10.7 Å². The van der Waals surface area contributed by atoms with E-state index in [9.17, 15) is 4.79 Å². The standard InChI is InChI=1S/C24H24N6O/c1-16-12-18(24(31)29-10-5-8-19(29)14-25)13-22(27-16)20-15-26-30-11-9-21(28-23(20)30)17-6-3-2-4-7-17/h2-4,6-7,9,11-13,15,19H,5,8,10,14,25H2,1H3/t19-/m1/s1. The molecule has 7 heteroatoms. The molecule has 2 N–H and O–H groups in total. The second kappa shape index (κ2) is 7.92. The first-order valence-corrected chi connectivity index (χ1v) is 10.5. The highest BCUT2D eigenvalue weighted by molar-refractivity contribution is 5.96. The van der Waals surface area contributed by atoms with E-state index >= 15 is 0 Å². The lowest BCUT2D eigenvalue weighted by atomic mass is 10.1. The van der Waals surface area contributed by atoms with Crippen molar-refractivity contribution in [3.05, 3.63) is 72.2 Å². The van der Waals surface area contributed by atoms with Crippen LogP contribution < -0.4 is 5.73 Å². The molecule has 0 bridgehead atoms. The summed E-state index contributed by atoms with van der Waals surface area (Å²) in [5.74, 6) is 0.00843. The summed E-state index contributed by atoms with van der Waals surface area (Å²) < 4.78 is 1.73. The van der Waals surface area contributed by atoms with Gasteiger partial charge in [-0.3, -0.25) is 9.78 Å². The van der Waals surface area contributed by atoms with E-state index in [2.05, 4.69) is 10.1 Å². The minimum absolute atomic E-state index is 0.00843. The van der Waals surface area contributed by atoms with Gasteiger partial charge in [-0.05, 0) is 38.0 Å². The number of aryl methyl sites for hydroxylation is 1. The van der Waals surface area contributed by atoms with Crippen molar-refractivity contribution in [2.45, 2.75) is 25.8 Å². The Morgan fingerprint density at radius 2 is 1.97 bits per heavy atom. The summed E-state index contributed by atoms with van der Waals surface area (Å²) in [5, 5.41) is 4.44. The lowest BCUT2D eigenvalue weighted by Crippen LogP contribution is -2.39. The molecule has 0 unspecified atom stereocenters. The van der Waals surface area contributed by atoms with Crippen LogP contribution in [0.15, 0.2) is 60.9 Å². The van der Waals surface area contributed by atoms with Crippen LogP contribution >= 0.6 is 0 Å². The van der Waals surface area contributed by atoms with Crippen LogP contribution in [0, 0.1) is 6.92 Å². The number of hydrogen-bond acceptors (Lipinski definition) is 5. The predicted molar refractivity (Wildman–Crippen MR) is 120 cm³/mol. The average molecular weight is 412 g/mol. The van der Waals surface area contributed by atoms with E-state index in [4.69, 9.17) is 10.7 Å². The smallest absolute Gasteiger partial charge is 0.254 e. The Balaban J connectivity index is 1.57. The van der Waals surface area contributed by atoms with Crippen molar-refractivity contribution in [1.29, 1.82) is 0 Å². The van der Waals surface area contributed by atoms with Crippen molar-refractivity contribution in [3.8, 4) is 22.5 Å². The van der Waals surface area contributed by atoms with E-state index in [0.717, 1.165) is 41.9 Å². The van der Waals surface area contributed by atoms with Crippen molar-refractivity contribution < 1.29 is 4.79 Å². The highest BCUT2D eigenvalue weighted by Crippen LogP contribution is 2.27. The number of nitrogens with zero attached hydrogens (tertiary/aromatic N) is 5. The van der Waals surface area contributed by atoms with Gasteiger partial charge in [0.05, 0.1) is 23.1 Å². The number of fused-ring (bicyclic) bond motifs is 1. The molecule has 7 nitrogen and oxygen atoms in total. The first-order chi connectivity index (χ1) is 15.1. The molecule has 4 heterocycles. The molecule has 0 spiro atoms. The van der Waals surface area contributed by atoms with Crippen molar-refractivity contribution in [3.63, 3.8) is 0 Å². The summed E-state index contributed by atoms with van der Waals surface area (Å²) in [7, 11) is 0. The highest BCUT2D eigenvalue weighted by Gasteiger charge is 2.29. The molecule has 156 valence electrons. The number of aromatic nitrogens is 4. The van der Waals surface area contributed by atoms with Gasteiger partial charge in [-0.1, -0.05) is 30.3 Å². The molecule has 0 saturated carbocycles. The third-order valence-corrected chi connectivity index (χ3v) is 5.83. The van der Waals surface area contributed by atoms with Crippen LogP contribution in [-0.4, -0.2) is 49.5 Å². The number of rotatable bonds is 4. The van der Waals surface area contributed by atoms with Gasteiger partial charge in [0, 0.05) is 42.1 Å². The van der Waals surface area contributed by atoms with Crippen molar-refractivity contribution >= 4 is 11.6 Å². The summed E-state index contributed by atoms with van der Waals surface area (Å²) >= 11 is 0. The monoisotopic (exact) mass is 412 g/mol. The number of hydrogen-bond donors (Lipinski definition) is 1. The SMILES string of the molecule is Cc1cc(C(=O)N2CCC[C@@H]2CN)cc(-c2cnn3ccc(-c4ccccc4)nc23)n1. The molecule has 1 aliphatic heterocycles. The molecule has 0 aliphatic carbocycles. The molecule has 0 radical (unpaired) electrons. The molecule has 1 aromatic carbocycles. The fourth-order valence-corrected chi connectivity index (χ4v) is 4.26. The Bertz CT molecular complexity index is 1250. The number of benzene rings is 1. The largest absolute Gasteiger partial charge is 0.334 e. The second-order valence-corrected chi connectivity index (χ2v) is 7.92. The van der Waals surface area contributed by atoms with Gasteiger partial charge in [-0.15, -0.1) is 0 Å². The van der Waals surface area contributed by atoms with Gasteiger partial charge in [0.15, 0.2) is 5.65 Å². The van der Waals surface area contributed by atoms with Crippen LogP contribution in [0.25, 0.3) is 28.2 Å². The number of carbonyl (C=O) groups excluding carboxylic acids is 1. The summed E-state index contributed by atoms with van der Waals surface area (Å²) in [4.78, 5) is 24.6. The molecule has 1 aliphatic rings. The molecule has 1 saturated heterocycles. The van der Waals surface area contributed by atoms with Gasteiger partial charge in [0.2, 0.25) is 0 Å². The van der Waals surface area contributed by atoms with E-state index < -0.39 is 0 Å². The molecule has 1 amide bonds. The number of carbonyl (C=O) groups is 1. The van der Waals surface area contributed by atoms with Crippen LogP contribution in [0.5, 0.6) is 0 Å². The van der Waals surface area contributed by atoms with Gasteiger partial charge in [-0.25, -0.2) is 9.50 Å².